The Labute approximate surface area is 173 Å². The molecule has 0 spiro atoms. The average Bonchev–Trinajstić information content (AvgIpc) is 2.70. The number of aryl methyl sites for hydroxylation is 1. The lowest BCUT2D eigenvalue weighted by molar-refractivity contribution is 0.102. The maximum Gasteiger partial charge on any atom is 0.261 e. The fraction of sp³-hybridized carbons (Fsp3) is 0.0952. The zero-order chi connectivity index (χ0) is 21.0. The highest BCUT2D eigenvalue weighted by molar-refractivity contribution is 7.92. The minimum absolute atomic E-state index is 0.165. The quantitative estimate of drug-likeness (QED) is 0.569. The number of benzene rings is 3. The maximum atomic E-state index is 13.3. The molecule has 0 aliphatic heterocycles. The summed E-state index contributed by atoms with van der Waals surface area (Å²) in [5.74, 6) is -1.00. The van der Waals surface area contributed by atoms with E-state index in [0.29, 0.717) is 5.56 Å². The van der Waals surface area contributed by atoms with Crippen molar-refractivity contribution in [3.05, 3.63) is 88.7 Å². The first-order valence-corrected chi connectivity index (χ1v) is 10.6. The third kappa shape index (κ3) is 4.93. The Balaban J connectivity index is 1.74. The van der Waals surface area contributed by atoms with E-state index in [0.717, 1.165) is 35.9 Å². The second-order valence-electron chi connectivity index (χ2n) is 6.22. The Hall–Kier alpha value is -2.90. The standard InChI is InChI=1S/C21H18ClFN2O3S/c1-2-14-5-3-4-6-20(14)24-21(26)15-7-9-16(10-8-15)25-29(27,28)17-11-12-19(23)18(22)13-17/h3-13,25H,2H2,1H3,(H,24,26). The van der Waals surface area contributed by atoms with Crippen LogP contribution in [0.15, 0.2) is 71.6 Å². The second kappa shape index (κ2) is 8.63. The summed E-state index contributed by atoms with van der Waals surface area (Å²) in [6.07, 6.45) is 0.782. The number of carbonyl (C=O) groups excluding carboxylic acids is 1. The van der Waals surface area contributed by atoms with Crippen molar-refractivity contribution in [2.24, 2.45) is 0 Å². The number of hydrogen-bond donors (Lipinski definition) is 2. The first-order valence-electron chi connectivity index (χ1n) is 8.77. The van der Waals surface area contributed by atoms with Gasteiger partial charge in [-0.1, -0.05) is 36.7 Å². The van der Waals surface area contributed by atoms with Crippen molar-refractivity contribution >= 4 is 38.9 Å². The molecule has 0 saturated heterocycles. The van der Waals surface area contributed by atoms with Crippen LogP contribution in [0.4, 0.5) is 15.8 Å². The van der Waals surface area contributed by atoms with E-state index in [1.807, 2.05) is 31.2 Å². The predicted molar refractivity (Wildman–Crippen MR) is 112 cm³/mol. The molecule has 29 heavy (non-hydrogen) atoms. The molecule has 3 aromatic carbocycles. The molecule has 0 heterocycles. The molecular weight excluding hydrogens is 415 g/mol. The van der Waals surface area contributed by atoms with Gasteiger partial charge in [0.25, 0.3) is 15.9 Å². The van der Waals surface area contributed by atoms with E-state index in [4.69, 9.17) is 11.6 Å². The summed E-state index contributed by atoms with van der Waals surface area (Å²) in [6, 6.07) is 16.6. The highest BCUT2D eigenvalue weighted by Crippen LogP contribution is 2.22. The maximum absolute atomic E-state index is 13.3. The van der Waals surface area contributed by atoms with Crippen LogP contribution in [0.1, 0.15) is 22.8 Å². The summed E-state index contributed by atoms with van der Waals surface area (Å²) in [7, 11) is -3.94. The SMILES string of the molecule is CCc1ccccc1NC(=O)c1ccc(NS(=O)(=O)c2ccc(F)c(Cl)c2)cc1. The van der Waals surface area contributed by atoms with Gasteiger partial charge in [-0.25, -0.2) is 12.8 Å². The number of anilines is 2. The number of nitrogens with one attached hydrogen (secondary N) is 2. The minimum Gasteiger partial charge on any atom is -0.322 e. The van der Waals surface area contributed by atoms with Crippen LogP contribution < -0.4 is 10.0 Å². The normalized spacial score (nSPS) is 11.1. The molecule has 2 N–H and O–H groups in total. The molecule has 0 aliphatic rings. The van der Waals surface area contributed by atoms with Gasteiger partial charge in [-0.2, -0.15) is 0 Å². The molecule has 0 atom stereocenters. The molecule has 1 amide bonds. The fourth-order valence-corrected chi connectivity index (χ4v) is 4.02. The fourth-order valence-electron chi connectivity index (χ4n) is 2.69. The van der Waals surface area contributed by atoms with Crippen LogP contribution in [0.5, 0.6) is 0 Å². The molecular formula is C21H18ClFN2O3S. The zero-order valence-electron chi connectivity index (χ0n) is 15.4. The highest BCUT2D eigenvalue weighted by Gasteiger charge is 2.16. The van der Waals surface area contributed by atoms with Crippen molar-refractivity contribution < 1.29 is 17.6 Å². The zero-order valence-corrected chi connectivity index (χ0v) is 17.0. The number of rotatable bonds is 6. The van der Waals surface area contributed by atoms with Gasteiger partial charge in [-0.05, 0) is 60.5 Å². The summed E-state index contributed by atoms with van der Waals surface area (Å²) in [5.41, 5.74) is 2.39. The van der Waals surface area contributed by atoms with Gasteiger partial charge >= 0.3 is 0 Å². The van der Waals surface area contributed by atoms with E-state index in [1.165, 1.54) is 24.3 Å². The lowest BCUT2D eigenvalue weighted by Gasteiger charge is -2.11. The average molecular weight is 433 g/mol. The van der Waals surface area contributed by atoms with Crippen LogP contribution in [0, 0.1) is 5.82 Å². The Bertz CT molecular complexity index is 1150. The number of hydrogen-bond acceptors (Lipinski definition) is 3. The monoisotopic (exact) mass is 432 g/mol. The van der Waals surface area contributed by atoms with Crippen molar-refractivity contribution in [3.8, 4) is 0 Å². The molecule has 8 heteroatoms. The van der Waals surface area contributed by atoms with E-state index < -0.39 is 15.8 Å². The molecule has 0 bridgehead atoms. The summed E-state index contributed by atoms with van der Waals surface area (Å²) in [4.78, 5) is 12.3. The minimum atomic E-state index is -3.94. The molecule has 3 aromatic rings. The highest BCUT2D eigenvalue weighted by atomic mass is 35.5. The molecule has 0 aliphatic carbocycles. The van der Waals surface area contributed by atoms with Crippen LogP contribution in [0.2, 0.25) is 5.02 Å². The van der Waals surface area contributed by atoms with Crippen LogP contribution in [0.25, 0.3) is 0 Å². The van der Waals surface area contributed by atoms with Crippen molar-refractivity contribution in [2.75, 3.05) is 10.0 Å². The van der Waals surface area contributed by atoms with Crippen LogP contribution in [-0.4, -0.2) is 14.3 Å². The number of para-hydroxylation sites is 1. The van der Waals surface area contributed by atoms with Crippen LogP contribution in [-0.2, 0) is 16.4 Å². The number of halogens is 2. The van der Waals surface area contributed by atoms with E-state index >= 15 is 0 Å². The molecule has 150 valence electrons. The molecule has 0 radical (unpaired) electrons. The lowest BCUT2D eigenvalue weighted by atomic mass is 10.1. The third-order valence-electron chi connectivity index (χ3n) is 4.25. The first-order chi connectivity index (χ1) is 13.8. The molecule has 0 aromatic heterocycles. The summed E-state index contributed by atoms with van der Waals surface area (Å²) in [5, 5.41) is 2.57. The van der Waals surface area contributed by atoms with Gasteiger partial charge in [-0.3, -0.25) is 9.52 Å². The van der Waals surface area contributed by atoms with Gasteiger partial charge in [0.2, 0.25) is 0 Å². The van der Waals surface area contributed by atoms with E-state index in [9.17, 15) is 17.6 Å². The number of carbonyl (C=O) groups is 1. The van der Waals surface area contributed by atoms with Gasteiger partial charge in [0, 0.05) is 16.9 Å². The van der Waals surface area contributed by atoms with Crippen molar-refractivity contribution in [1.82, 2.24) is 0 Å². The Morgan fingerprint density at radius 2 is 1.72 bits per heavy atom. The van der Waals surface area contributed by atoms with Crippen LogP contribution >= 0.6 is 11.6 Å². The van der Waals surface area contributed by atoms with Gasteiger partial charge in [-0.15, -0.1) is 0 Å². The van der Waals surface area contributed by atoms with Gasteiger partial charge in [0.1, 0.15) is 5.82 Å². The largest absolute Gasteiger partial charge is 0.322 e. The van der Waals surface area contributed by atoms with Crippen LogP contribution in [0.3, 0.4) is 0 Å². The van der Waals surface area contributed by atoms with Gasteiger partial charge < -0.3 is 5.32 Å². The van der Waals surface area contributed by atoms with E-state index in [-0.39, 0.29) is 21.5 Å². The van der Waals surface area contributed by atoms with Gasteiger partial charge in [0.05, 0.1) is 9.92 Å². The van der Waals surface area contributed by atoms with E-state index in [1.54, 1.807) is 0 Å². The topological polar surface area (TPSA) is 75.3 Å². The number of amides is 1. The van der Waals surface area contributed by atoms with Crippen molar-refractivity contribution in [3.63, 3.8) is 0 Å². The Morgan fingerprint density at radius 1 is 1.03 bits per heavy atom. The summed E-state index contributed by atoms with van der Waals surface area (Å²) >= 11 is 5.65. The molecule has 5 nitrogen and oxygen atoms in total. The second-order valence-corrected chi connectivity index (χ2v) is 8.31. The molecule has 3 rings (SSSR count). The predicted octanol–water partition coefficient (Wildman–Crippen LogP) is 5.09. The lowest BCUT2D eigenvalue weighted by Crippen LogP contribution is -2.15. The smallest absolute Gasteiger partial charge is 0.261 e. The van der Waals surface area contributed by atoms with Crippen molar-refractivity contribution in [1.29, 1.82) is 0 Å². The third-order valence-corrected chi connectivity index (χ3v) is 5.92. The van der Waals surface area contributed by atoms with Gasteiger partial charge in [0.15, 0.2) is 0 Å². The molecule has 0 saturated carbocycles. The Kier molecular flexibility index (Phi) is 6.20. The summed E-state index contributed by atoms with van der Waals surface area (Å²) in [6.45, 7) is 2.00. The first kappa shape index (κ1) is 20.8. The van der Waals surface area contributed by atoms with Crippen molar-refractivity contribution in [2.45, 2.75) is 18.2 Å². The molecule has 0 fully saturated rings. The number of sulfonamides is 1. The Morgan fingerprint density at radius 3 is 2.38 bits per heavy atom. The summed E-state index contributed by atoms with van der Waals surface area (Å²) < 4.78 is 40.5. The van der Waals surface area contributed by atoms with E-state index in [2.05, 4.69) is 10.0 Å². The molecule has 0 unspecified atom stereocenters.